The Morgan fingerprint density at radius 1 is 1.24 bits per heavy atom. The smallest absolute Gasteiger partial charge is 0.252 e. The van der Waals surface area contributed by atoms with Crippen molar-refractivity contribution in [3.63, 3.8) is 0 Å². The predicted molar refractivity (Wildman–Crippen MR) is 90.2 cm³/mol. The van der Waals surface area contributed by atoms with E-state index in [0.717, 1.165) is 12.8 Å². The highest BCUT2D eigenvalue weighted by Gasteiger charge is 2.37. The van der Waals surface area contributed by atoms with E-state index < -0.39 is 36.4 Å². The molecule has 0 spiro atoms. The minimum atomic E-state index is -1.70. The number of ether oxygens (including phenoxy) is 1. The van der Waals surface area contributed by atoms with Gasteiger partial charge in [-0.2, -0.15) is 0 Å². The van der Waals surface area contributed by atoms with Crippen LogP contribution < -0.4 is 10.6 Å². The summed E-state index contributed by atoms with van der Waals surface area (Å²) in [7, 11) is 1.19. The number of carbonyl (C=O) groups is 2. The molecule has 1 saturated heterocycles. The van der Waals surface area contributed by atoms with Gasteiger partial charge in [0.1, 0.15) is 24.4 Å². The van der Waals surface area contributed by atoms with Crippen molar-refractivity contribution >= 4 is 11.8 Å². The molecule has 0 bridgehead atoms. The molecule has 1 fully saturated rings. The molecule has 0 aliphatic carbocycles. The molecule has 8 heteroatoms. The van der Waals surface area contributed by atoms with Crippen molar-refractivity contribution < 1.29 is 29.6 Å². The van der Waals surface area contributed by atoms with Gasteiger partial charge in [-0.25, -0.2) is 0 Å². The van der Waals surface area contributed by atoms with E-state index in [-0.39, 0.29) is 11.8 Å². The van der Waals surface area contributed by atoms with Crippen LogP contribution in [-0.4, -0.2) is 71.2 Å². The fraction of sp³-hybridized carbons (Fsp3) is 0.765. The third-order valence-electron chi connectivity index (χ3n) is 3.87. The van der Waals surface area contributed by atoms with Crippen LogP contribution in [0.5, 0.6) is 0 Å². The maximum absolute atomic E-state index is 12.3. The van der Waals surface area contributed by atoms with Crippen molar-refractivity contribution in [2.75, 3.05) is 13.7 Å². The normalized spacial score (nSPS) is 22.7. The maximum atomic E-state index is 12.3. The largest absolute Gasteiger partial charge is 0.387 e. The number of amides is 2. The van der Waals surface area contributed by atoms with Gasteiger partial charge in [0.15, 0.2) is 6.10 Å². The van der Waals surface area contributed by atoms with Crippen LogP contribution in [0.3, 0.4) is 0 Å². The number of aliphatic hydroxyl groups excluding tert-OH is 3. The van der Waals surface area contributed by atoms with Crippen molar-refractivity contribution in [1.82, 2.24) is 10.6 Å². The number of aliphatic hydroxyl groups is 3. The molecule has 2 amide bonds. The van der Waals surface area contributed by atoms with E-state index in [1.807, 2.05) is 13.8 Å². The fourth-order valence-electron chi connectivity index (χ4n) is 2.44. The van der Waals surface area contributed by atoms with E-state index in [1.54, 1.807) is 0 Å². The molecule has 1 aliphatic rings. The minimum absolute atomic E-state index is 0.0192. The summed E-state index contributed by atoms with van der Waals surface area (Å²) in [6, 6.07) is -0.720. The molecule has 0 aromatic carbocycles. The van der Waals surface area contributed by atoms with Gasteiger partial charge in [0.25, 0.3) is 5.91 Å². The zero-order valence-electron chi connectivity index (χ0n) is 14.9. The third kappa shape index (κ3) is 6.63. The molecule has 142 valence electrons. The number of hydrogen-bond donors (Lipinski definition) is 5. The lowest BCUT2D eigenvalue weighted by Crippen LogP contribution is -2.55. The zero-order chi connectivity index (χ0) is 19.0. The summed E-state index contributed by atoms with van der Waals surface area (Å²) in [5, 5.41) is 35.2. The molecule has 1 heterocycles. The standard InChI is InChI=1S/C17H28N2O6/c1-10(2)7-8-12(20)13(21)14(22)15(25-3)17(24)19-11-6-4-5-9-18-16(11)23/h10-15,20-22H,4-6,9H2,1-3H3,(H,18,23)(H,19,24)/t11-,12+,13-,14+,15+/m0/s1. The van der Waals surface area contributed by atoms with Crippen molar-refractivity contribution in [2.24, 2.45) is 5.92 Å². The van der Waals surface area contributed by atoms with Crippen molar-refractivity contribution in [3.8, 4) is 11.8 Å². The third-order valence-corrected chi connectivity index (χ3v) is 3.87. The molecule has 0 aromatic heterocycles. The summed E-state index contributed by atoms with van der Waals surface area (Å²) in [6.07, 6.45) is -4.27. The second-order valence-corrected chi connectivity index (χ2v) is 6.37. The van der Waals surface area contributed by atoms with Gasteiger partial charge in [0.05, 0.1) is 0 Å². The summed E-state index contributed by atoms with van der Waals surface area (Å²) < 4.78 is 4.97. The molecule has 0 saturated carbocycles. The Labute approximate surface area is 147 Å². The predicted octanol–water partition coefficient (Wildman–Crippen LogP) is -1.47. The molecule has 0 unspecified atom stereocenters. The molecule has 1 rings (SSSR count). The molecule has 5 atom stereocenters. The molecule has 5 N–H and O–H groups in total. The number of nitrogens with one attached hydrogen (secondary N) is 2. The molecule has 8 nitrogen and oxygen atoms in total. The second-order valence-electron chi connectivity index (χ2n) is 6.37. The van der Waals surface area contributed by atoms with Gasteiger partial charge < -0.3 is 30.7 Å². The van der Waals surface area contributed by atoms with Crippen molar-refractivity contribution in [2.45, 2.75) is 63.6 Å². The fourth-order valence-corrected chi connectivity index (χ4v) is 2.44. The lowest BCUT2D eigenvalue weighted by atomic mass is 10.0. The molecule has 0 radical (unpaired) electrons. The molecular weight excluding hydrogens is 328 g/mol. The lowest BCUT2D eigenvalue weighted by molar-refractivity contribution is -0.150. The molecule has 25 heavy (non-hydrogen) atoms. The average Bonchev–Trinajstić information content (AvgIpc) is 2.77. The molecule has 0 aromatic rings. The van der Waals surface area contributed by atoms with Crippen LogP contribution in [0.2, 0.25) is 0 Å². The number of methoxy groups -OCH3 is 1. The minimum Gasteiger partial charge on any atom is -0.387 e. The van der Waals surface area contributed by atoms with E-state index in [0.29, 0.717) is 13.0 Å². The van der Waals surface area contributed by atoms with Crippen molar-refractivity contribution in [1.29, 1.82) is 0 Å². The van der Waals surface area contributed by atoms with Crippen LogP contribution in [0, 0.1) is 17.8 Å². The maximum Gasteiger partial charge on any atom is 0.252 e. The SMILES string of the molecule is CO[C@@H](C(=O)N[C@H]1CCCCNC1=O)[C@H](O)[C@@H](O)[C@H](O)C#CC(C)C. The van der Waals surface area contributed by atoms with E-state index >= 15 is 0 Å². The van der Waals surface area contributed by atoms with E-state index in [4.69, 9.17) is 4.74 Å². The van der Waals surface area contributed by atoms with Gasteiger partial charge in [-0.1, -0.05) is 25.7 Å². The summed E-state index contributed by atoms with van der Waals surface area (Å²) in [6.45, 7) is 4.18. The van der Waals surface area contributed by atoms with Crippen LogP contribution >= 0.6 is 0 Å². The lowest BCUT2D eigenvalue weighted by Gasteiger charge is -2.27. The zero-order valence-corrected chi connectivity index (χ0v) is 14.9. The Hall–Kier alpha value is -1.66. The van der Waals surface area contributed by atoms with Crippen LogP contribution in [0.1, 0.15) is 33.1 Å². The summed E-state index contributed by atoms with van der Waals surface area (Å²) in [4.78, 5) is 24.2. The van der Waals surface area contributed by atoms with Crippen molar-refractivity contribution in [3.05, 3.63) is 0 Å². The summed E-state index contributed by atoms with van der Waals surface area (Å²) in [5.41, 5.74) is 0. The first-order valence-electron chi connectivity index (χ1n) is 8.44. The van der Waals surface area contributed by atoms with Crippen LogP contribution in [-0.2, 0) is 14.3 Å². The molecular formula is C17H28N2O6. The Balaban J connectivity index is 2.73. The second kappa shape index (κ2) is 10.4. The number of hydrogen-bond acceptors (Lipinski definition) is 6. The Morgan fingerprint density at radius 2 is 1.92 bits per heavy atom. The number of rotatable bonds is 6. The van der Waals surface area contributed by atoms with E-state index in [1.165, 1.54) is 7.11 Å². The van der Waals surface area contributed by atoms with Gasteiger partial charge in [0.2, 0.25) is 5.91 Å². The van der Waals surface area contributed by atoms with Gasteiger partial charge in [-0.05, 0) is 19.3 Å². The van der Waals surface area contributed by atoms with E-state index in [9.17, 15) is 24.9 Å². The first kappa shape index (κ1) is 21.4. The highest BCUT2D eigenvalue weighted by atomic mass is 16.5. The van der Waals surface area contributed by atoms with Crippen LogP contribution in [0.15, 0.2) is 0 Å². The quantitative estimate of drug-likeness (QED) is 0.370. The van der Waals surface area contributed by atoms with Crippen LogP contribution in [0.4, 0.5) is 0 Å². The highest BCUT2D eigenvalue weighted by molar-refractivity contribution is 5.89. The topological polar surface area (TPSA) is 128 Å². The highest BCUT2D eigenvalue weighted by Crippen LogP contribution is 2.11. The Kier molecular flexibility index (Phi) is 8.86. The van der Waals surface area contributed by atoms with Gasteiger partial charge in [-0.15, -0.1) is 0 Å². The monoisotopic (exact) mass is 356 g/mol. The summed E-state index contributed by atoms with van der Waals surface area (Å²) >= 11 is 0. The summed E-state index contributed by atoms with van der Waals surface area (Å²) in [5.74, 6) is 4.05. The molecule has 1 aliphatic heterocycles. The Bertz CT molecular complexity index is 513. The average molecular weight is 356 g/mol. The van der Waals surface area contributed by atoms with E-state index in [2.05, 4.69) is 22.5 Å². The number of carbonyl (C=O) groups excluding carboxylic acids is 2. The first-order valence-corrected chi connectivity index (χ1v) is 8.44. The van der Waals surface area contributed by atoms with Gasteiger partial charge >= 0.3 is 0 Å². The van der Waals surface area contributed by atoms with Crippen LogP contribution in [0.25, 0.3) is 0 Å². The Morgan fingerprint density at radius 3 is 2.52 bits per heavy atom. The first-order chi connectivity index (χ1) is 11.8. The van der Waals surface area contributed by atoms with Gasteiger partial charge in [0, 0.05) is 19.6 Å². The van der Waals surface area contributed by atoms with Gasteiger partial charge in [-0.3, -0.25) is 9.59 Å².